The molecular weight excluding hydrogens is 1170 g/mol. The molecular formula is C93H76N4. The highest BCUT2D eigenvalue weighted by Crippen LogP contribution is 2.67. The number of fused-ring (bicyclic) bond motifs is 3. The van der Waals surface area contributed by atoms with Crippen LogP contribution in [0.15, 0.2) is 309 Å². The predicted molar refractivity (Wildman–Crippen MR) is 410 cm³/mol. The van der Waals surface area contributed by atoms with Crippen LogP contribution in [-0.4, -0.2) is 0 Å². The number of nitrogens with zero attached hydrogens (tertiary/aromatic N) is 4. The van der Waals surface area contributed by atoms with Gasteiger partial charge in [-0.25, -0.2) is 0 Å². The zero-order valence-corrected chi connectivity index (χ0v) is 56.0. The molecule has 0 bridgehead atoms. The zero-order chi connectivity index (χ0) is 65.3. The van der Waals surface area contributed by atoms with Crippen molar-refractivity contribution >= 4 is 90.1 Å². The molecule has 3 heterocycles. The fourth-order valence-corrected chi connectivity index (χ4v) is 16.8. The van der Waals surface area contributed by atoms with Gasteiger partial charge in [0.05, 0.1) is 17.1 Å². The molecule has 0 amide bonds. The Labute approximate surface area is 570 Å². The Morgan fingerprint density at radius 3 is 1.09 bits per heavy atom. The highest BCUT2D eigenvalue weighted by molar-refractivity contribution is 6.01. The van der Waals surface area contributed by atoms with Gasteiger partial charge in [0.2, 0.25) is 0 Å². The largest absolute Gasteiger partial charge is 0.314 e. The average Bonchev–Trinajstić information content (AvgIpc) is 0.663. The van der Waals surface area contributed by atoms with Crippen molar-refractivity contribution in [2.45, 2.75) is 83.5 Å². The molecule has 0 spiro atoms. The lowest BCUT2D eigenvalue weighted by atomic mass is 9.59. The fraction of sp³-hybridized carbons (Fsp3) is 0.140. The van der Waals surface area contributed by atoms with E-state index in [2.05, 4.69) is 364 Å². The summed E-state index contributed by atoms with van der Waals surface area (Å²) < 4.78 is 0. The van der Waals surface area contributed by atoms with Crippen LogP contribution >= 0.6 is 0 Å². The monoisotopic (exact) mass is 1250 g/mol. The number of rotatable bonds is 12. The maximum atomic E-state index is 2.74. The number of para-hydroxylation sites is 3. The maximum absolute atomic E-state index is 2.74. The smallest absolute Gasteiger partial charge is 0.0544 e. The van der Waals surface area contributed by atoms with Crippen molar-refractivity contribution in [2.75, 3.05) is 19.6 Å². The van der Waals surface area contributed by atoms with Gasteiger partial charge in [0, 0.05) is 67.5 Å². The minimum atomic E-state index is -0.386. The molecule has 13 aromatic rings. The summed E-state index contributed by atoms with van der Waals surface area (Å²) in [6, 6.07) is 107. The molecule has 0 atom stereocenters. The third kappa shape index (κ3) is 9.54. The first-order valence-electron chi connectivity index (χ1n) is 34.6. The first-order valence-corrected chi connectivity index (χ1v) is 34.6. The van der Waals surface area contributed by atoms with E-state index in [1.165, 1.54) is 145 Å². The Hall–Kier alpha value is -11.2. The molecule has 3 aliphatic heterocycles. The first-order chi connectivity index (χ1) is 47.3. The minimum absolute atomic E-state index is 0.371. The van der Waals surface area contributed by atoms with Gasteiger partial charge in [0.1, 0.15) is 0 Å². The van der Waals surface area contributed by atoms with Gasteiger partial charge >= 0.3 is 0 Å². The van der Waals surface area contributed by atoms with Crippen molar-refractivity contribution in [1.29, 1.82) is 0 Å². The molecule has 97 heavy (non-hydrogen) atoms. The molecule has 5 aliphatic rings. The van der Waals surface area contributed by atoms with E-state index in [9.17, 15) is 0 Å². The van der Waals surface area contributed by atoms with E-state index in [-0.39, 0.29) is 16.2 Å². The Morgan fingerprint density at radius 1 is 0.268 bits per heavy atom. The van der Waals surface area contributed by atoms with Crippen molar-refractivity contribution in [1.82, 2.24) is 0 Å². The van der Waals surface area contributed by atoms with Crippen molar-refractivity contribution in [3.8, 4) is 22.3 Å². The van der Waals surface area contributed by atoms with Gasteiger partial charge in [-0.1, -0.05) is 211 Å². The average molecular weight is 1250 g/mol. The van der Waals surface area contributed by atoms with Gasteiger partial charge in [-0.05, 0) is 259 Å². The van der Waals surface area contributed by atoms with Gasteiger partial charge < -0.3 is 19.6 Å². The summed E-state index contributed by atoms with van der Waals surface area (Å²) in [4.78, 5) is 10.1. The van der Waals surface area contributed by atoms with Crippen LogP contribution in [0.25, 0.3) is 55.4 Å². The Kier molecular flexibility index (Phi) is 13.5. The molecule has 4 heteroatoms. The highest BCUT2D eigenvalue weighted by Gasteiger charge is 2.52. The Balaban J connectivity index is 0.795. The quantitative estimate of drug-likeness (QED) is 0.121. The van der Waals surface area contributed by atoms with Crippen molar-refractivity contribution in [2.24, 2.45) is 0 Å². The number of allylic oxidation sites excluding steroid dienone is 5. The second-order valence-electron chi connectivity index (χ2n) is 28.8. The van der Waals surface area contributed by atoms with Crippen molar-refractivity contribution in [3.63, 3.8) is 0 Å². The molecule has 2 aliphatic carbocycles. The molecule has 0 aromatic heterocycles. The van der Waals surface area contributed by atoms with Gasteiger partial charge in [-0.15, -0.1) is 0 Å². The topological polar surface area (TPSA) is 13.0 Å². The summed E-state index contributed by atoms with van der Waals surface area (Å²) in [7, 11) is 0. The molecule has 0 saturated heterocycles. The Morgan fingerprint density at radius 2 is 0.629 bits per heavy atom. The number of hydrogen-bond acceptors (Lipinski definition) is 4. The fourth-order valence-electron chi connectivity index (χ4n) is 16.8. The lowest BCUT2D eigenvalue weighted by molar-refractivity contribution is 0.567. The van der Waals surface area contributed by atoms with Crippen LogP contribution in [0, 0.1) is 0 Å². The normalized spacial score (nSPS) is 15.6. The van der Waals surface area contributed by atoms with Crippen LogP contribution in [0.3, 0.4) is 0 Å². The summed E-state index contributed by atoms with van der Waals surface area (Å²) in [6.07, 6.45) is 11.0. The van der Waals surface area contributed by atoms with Crippen LogP contribution in [-0.2, 0) is 22.7 Å². The molecule has 0 unspecified atom stereocenters. The third-order valence-corrected chi connectivity index (χ3v) is 22.1. The van der Waals surface area contributed by atoms with E-state index in [1.54, 1.807) is 0 Å². The first kappa shape index (κ1) is 58.4. The van der Waals surface area contributed by atoms with Crippen molar-refractivity contribution < 1.29 is 0 Å². The number of aryl methyl sites for hydroxylation is 1. The summed E-state index contributed by atoms with van der Waals surface area (Å²) in [6.45, 7) is 15.0. The van der Waals surface area contributed by atoms with E-state index in [1.807, 2.05) is 0 Å². The van der Waals surface area contributed by atoms with Gasteiger partial charge in [-0.2, -0.15) is 0 Å². The van der Waals surface area contributed by atoms with E-state index >= 15 is 0 Å². The minimum Gasteiger partial charge on any atom is -0.314 e. The second-order valence-corrected chi connectivity index (χ2v) is 28.8. The summed E-state index contributed by atoms with van der Waals surface area (Å²) in [5.74, 6) is 0. The van der Waals surface area contributed by atoms with E-state index in [4.69, 9.17) is 0 Å². The van der Waals surface area contributed by atoms with Crippen LogP contribution in [0.4, 0.5) is 56.9 Å². The summed E-state index contributed by atoms with van der Waals surface area (Å²) >= 11 is 0. The molecule has 18 rings (SSSR count). The number of hydrogen-bond donors (Lipinski definition) is 0. The molecule has 0 radical (unpaired) electrons. The van der Waals surface area contributed by atoms with Crippen LogP contribution in [0.5, 0.6) is 0 Å². The molecule has 0 fully saturated rings. The van der Waals surface area contributed by atoms with E-state index in [0.29, 0.717) is 0 Å². The molecule has 468 valence electrons. The number of benzene rings is 13. The van der Waals surface area contributed by atoms with Gasteiger partial charge in [0.25, 0.3) is 0 Å². The Bertz CT molecular complexity index is 5420. The summed E-state index contributed by atoms with van der Waals surface area (Å²) in [5.41, 5.74) is 32.0. The second kappa shape index (κ2) is 22.5. The molecule has 0 N–H and O–H groups in total. The van der Waals surface area contributed by atoms with Crippen LogP contribution in [0.2, 0.25) is 0 Å². The lowest BCUT2D eigenvalue weighted by Gasteiger charge is -2.55. The van der Waals surface area contributed by atoms with Crippen molar-refractivity contribution in [3.05, 3.63) is 359 Å². The van der Waals surface area contributed by atoms with Gasteiger partial charge in [-0.3, -0.25) is 0 Å². The van der Waals surface area contributed by atoms with Crippen LogP contribution < -0.4 is 19.6 Å². The highest BCUT2D eigenvalue weighted by atomic mass is 15.2. The molecule has 13 aromatic carbocycles. The SMILES string of the molecule is CC1(C)c2cc(C3=CC=C(N(c4ccccc4)c4ccc5ccccc5c4)CC3)cc3c2N2c4c1cc(-c1ccc(N(C5=Cc6ccccc6CC5)c5ccccc5)cc1)cc4C(C)(C)c1cc(-c4ccc(N(c5ccccc5)c5ccc6ccccc6c5)cc4)cc(c12)C3(C)C. The number of anilines is 10. The standard InChI is InChI=1S/C93H76N4/c1-91(2)82-55-70(64-34-43-76(44-35-64)94(73-28-10-7-11-29-73)79-49-40-61-22-16-19-25-67(61)52-79)57-84-88(82)97-89-83(91)56-71(65-36-45-77(46-37-65)95(74-30-12-8-13-31-74)80-50-41-62-23-17-20-26-68(62)53-80)58-85(89)93(5,6)87-60-72(59-86(90(87)97)92(84,3)4)66-38-47-78(48-39-66)96(75-32-14-9-15-33-75)81-51-42-63-24-18-21-27-69(63)54-81/h7-38,40,42-47,49,51-60H,39,41,48,50H2,1-6H3. The lowest BCUT2D eigenvalue weighted by Crippen LogP contribution is -2.43. The van der Waals surface area contributed by atoms with E-state index in [0.717, 1.165) is 48.4 Å². The maximum Gasteiger partial charge on any atom is 0.0544 e. The molecule has 4 nitrogen and oxygen atoms in total. The summed E-state index contributed by atoms with van der Waals surface area (Å²) in [5, 5.41) is 4.94. The van der Waals surface area contributed by atoms with E-state index < -0.39 is 0 Å². The van der Waals surface area contributed by atoms with Crippen LogP contribution in [0.1, 0.15) is 111 Å². The van der Waals surface area contributed by atoms with Gasteiger partial charge in [0.15, 0.2) is 0 Å². The third-order valence-electron chi connectivity index (χ3n) is 22.1. The predicted octanol–water partition coefficient (Wildman–Crippen LogP) is 25.2. The molecule has 0 saturated carbocycles. The zero-order valence-electron chi connectivity index (χ0n) is 56.0.